The van der Waals surface area contributed by atoms with Crippen molar-refractivity contribution >= 4 is 23.1 Å². The van der Waals surface area contributed by atoms with Crippen LogP contribution < -0.4 is 11.2 Å². The van der Waals surface area contributed by atoms with Gasteiger partial charge in [0.15, 0.2) is 0 Å². The monoisotopic (exact) mass is 303 g/mol. The van der Waals surface area contributed by atoms with Crippen LogP contribution in [0, 0.1) is 0 Å². The summed E-state index contributed by atoms with van der Waals surface area (Å²) in [7, 11) is 0. The fourth-order valence-electron chi connectivity index (χ4n) is 2.19. The molecular formula is C18H17N5. The second kappa shape index (κ2) is 7.17. The number of para-hydroxylation sites is 1. The van der Waals surface area contributed by atoms with Gasteiger partial charge in [-0.15, -0.1) is 0 Å². The smallest absolute Gasteiger partial charge is 0.209 e. The van der Waals surface area contributed by atoms with E-state index in [0.29, 0.717) is 6.54 Å². The second-order valence-corrected chi connectivity index (χ2v) is 4.97. The van der Waals surface area contributed by atoms with Gasteiger partial charge in [-0.3, -0.25) is 4.98 Å². The predicted molar refractivity (Wildman–Crippen MR) is 94.2 cm³/mol. The molecule has 0 radical (unpaired) electrons. The van der Waals surface area contributed by atoms with E-state index in [4.69, 9.17) is 5.73 Å². The maximum Gasteiger partial charge on any atom is 0.209 e. The van der Waals surface area contributed by atoms with Gasteiger partial charge in [-0.05, 0) is 17.7 Å². The first-order valence-corrected chi connectivity index (χ1v) is 7.29. The molecule has 114 valence electrons. The molecular weight excluding hydrogens is 286 g/mol. The van der Waals surface area contributed by atoms with Gasteiger partial charge in [0.1, 0.15) is 0 Å². The van der Waals surface area contributed by atoms with Gasteiger partial charge in [0.2, 0.25) is 5.96 Å². The van der Waals surface area contributed by atoms with Gasteiger partial charge in [0.25, 0.3) is 0 Å². The van der Waals surface area contributed by atoms with Crippen molar-refractivity contribution in [1.29, 1.82) is 0 Å². The molecule has 3 N–H and O–H groups in total. The lowest BCUT2D eigenvalue weighted by atomic mass is 10.1. The van der Waals surface area contributed by atoms with E-state index in [1.807, 2.05) is 60.7 Å². The Morgan fingerprint density at radius 2 is 1.83 bits per heavy atom. The number of pyridine rings is 1. The number of rotatable bonds is 4. The third-order valence-corrected chi connectivity index (χ3v) is 3.34. The Morgan fingerprint density at radius 3 is 2.70 bits per heavy atom. The van der Waals surface area contributed by atoms with Crippen LogP contribution in [0.15, 0.2) is 77.0 Å². The molecule has 0 fully saturated rings. The lowest BCUT2D eigenvalue weighted by Crippen LogP contribution is -2.27. The molecule has 1 aromatic heterocycles. The molecule has 0 aliphatic heterocycles. The Hall–Kier alpha value is -3.21. The maximum absolute atomic E-state index is 5.81. The van der Waals surface area contributed by atoms with Crippen LogP contribution in [-0.4, -0.2) is 17.2 Å². The molecule has 1 heterocycles. The van der Waals surface area contributed by atoms with E-state index in [1.54, 1.807) is 12.4 Å². The number of hydrazone groups is 1. The van der Waals surface area contributed by atoms with Crippen molar-refractivity contribution in [3.63, 3.8) is 0 Å². The van der Waals surface area contributed by atoms with Crippen LogP contribution >= 0.6 is 0 Å². The Morgan fingerprint density at radius 1 is 1.04 bits per heavy atom. The summed E-state index contributed by atoms with van der Waals surface area (Å²) >= 11 is 0. The van der Waals surface area contributed by atoms with E-state index in [1.165, 1.54) is 0 Å². The Labute approximate surface area is 134 Å². The number of aliphatic imine (C=N–C) groups is 1. The summed E-state index contributed by atoms with van der Waals surface area (Å²) in [6.45, 7) is 0.521. The zero-order valence-electron chi connectivity index (χ0n) is 12.6. The maximum atomic E-state index is 5.81. The highest BCUT2D eigenvalue weighted by Crippen LogP contribution is 2.13. The molecule has 0 unspecified atom stereocenters. The highest BCUT2D eigenvalue weighted by Gasteiger charge is 1.98. The SMILES string of the molecule is NC(=NCc1ccccc1)N/N=C\c1ccnc2ccccc12. The number of hydrogen-bond acceptors (Lipinski definition) is 3. The fourth-order valence-corrected chi connectivity index (χ4v) is 2.19. The Balaban J connectivity index is 1.66. The van der Waals surface area contributed by atoms with Crippen LogP contribution in [0.1, 0.15) is 11.1 Å². The molecule has 5 nitrogen and oxygen atoms in total. The summed E-state index contributed by atoms with van der Waals surface area (Å²) in [5, 5.41) is 5.19. The van der Waals surface area contributed by atoms with Crippen LogP contribution in [0.2, 0.25) is 0 Å². The van der Waals surface area contributed by atoms with E-state index in [-0.39, 0.29) is 5.96 Å². The minimum absolute atomic E-state index is 0.281. The second-order valence-electron chi connectivity index (χ2n) is 4.97. The minimum atomic E-state index is 0.281. The molecule has 0 bridgehead atoms. The number of aromatic nitrogens is 1. The van der Waals surface area contributed by atoms with Gasteiger partial charge in [0, 0.05) is 17.1 Å². The summed E-state index contributed by atoms with van der Waals surface area (Å²) in [5.74, 6) is 0.281. The van der Waals surface area contributed by atoms with Crippen molar-refractivity contribution in [2.45, 2.75) is 6.54 Å². The van der Waals surface area contributed by atoms with Crippen LogP contribution in [0.5, 0.6) is 0 Å². The van der Waals surface area contributed by atoms with E-state index in [2.05, 4.69) is 20.5 Å². The molecule has 23 heavy (non-hydrogen) atoms. The lowest BCUT2D eigenvalue weighted by Gasteiger charge is -2.02. The van der Waals surface area contributed by atoms with Crippen molar-refractivity contribution in [2.24, 2.45) is 15.8 Å². The number of nitrogens with two attached hydrogens (primary N) is 1. The first kappa shape index (κ1) is 14.7. The predicted octanol–water partition coefficient (Wildman–Crippen LogP) is 2.67. The average Bonchev–Trinajstić information content (AvgIpc) is 2.61. The first-order valence-electron chi connectivity index (χ1n) is 7.29. The highest BCUT2D eigenvalue weighted by molar-refractivity contribution is 5.98. The zero-order valence-corrected chi connectivity index (χ0v) is 12.6. The summed E-state index contributed by atoms with van der Waals surface area (Å²) < 4.78 is 0. The van der Waals surface area contributed by atoms with E-state index in [9.17, 15) is 0 Å². The number of nitrogens with zero attached hydrogens (tertiary/aromatic N) is 3. The third kappa shape index (κ3) is 3.91. The number of guanidine groups is 1. The van der Waals surface area contributed by atoms with E-state index in [0.717, 1.165) is 22.0 Å². The molecule has 0 aliphatic rings. The van der Waals surface area contributed by atoms with Crippen LogP contribution in [0.3, 0.4) is 0 Å². The van der Waals surface area contributed by atoms with Crippen LogP contribution in [0.4, 0.5) is 0 Å². The van der Waals surface area contributed by atoms with Crippen molar-refractivity contribution in [1.82, 2.24) is 10.4 Å². The van der Waals surface area contributed by atoms with Crippen molar-refractivity contribution in [3.05, 3.63) is 78.0 Å². The highest BCUT2D eigenvalue weighted by atomic mass is 15.3. The minimum Gasteiger partial charge on any atom is -0.369 e. The molecule has 2 aromatic carbocycles. The number of nitrogens with one attached hydrogen (secondary N) is 1. The standard InChI is InChI=1S/C18H17N5/c19-18(21-12-14-6-2-1-3-7-14)23-22-13-15-10-11-20-17-9-5-4-8-16(15)17/h1-11,13H,12H2,(H3,19,21,23)/b22-13-. The largest absolute Gasteiger partial charge is 0.369 e. The van der Waals surface area contributed by atoms with Gasteiger partial charge in [-0.25, -0.2) is 10.4 Å². The number of hydrogen-bond donors (Lipinski definition) is 2. The van der Waals surface area contributed by atoms with E-state index >= 15 is 0 Å². The normalized spacial score (nSPS) is 11.9. The topological polar surface area (TPSA) is 75.7 Å². The van der Waals surface area contributed by atoms with Gasteiger partial charge in [-0.1, -0.05) is 48.5 Å². The molecule has 0 saturated heterocycles. The first-order chi connectivity index (χ1) is 11.3. The van der Waals surface area contributed by atoms with Crippen molar-refractivity contribution in [2.75, 3.05) is 0 Å². The summed E-state index contributed by atoms with van der Waals surface area (Å²) in [5.41, 5.74) is 11.6. The van der Waals surface area contributed by atoms with Crippen molar-refractivity contribution < 1.29 is 0 Å². The molecule has 0 aliphatic carbocycles. The number of fused-ring (bicyclic) bond motifs is 1. The van der Waals surface area contributed by atoms with Crippen LogP contribution in [-0.2, 0) is 6.54 Å². The summed E-state index contributed by atoms with van der Waals surface area (Å²) in [4.78, 5) is 8.56. The van der Waals surface area contributed by atoms with Gasteiger partial charge >= 0.3 is 0 Å². The number of benzene rings is 2. The van der Waals surface area contributed by atoms with Gasteiger partial charge in [0.05, 0.1) is 18.3 Å². The quantitative estimate of drug-likeness (QED) is 0.442. The molecule has 5 heteroatoms. The summed E-state index contributed by atoms with van der Waals surface area (Å²) in [6, 6.07) is 19.7. The molecule has 0 saturated carbocycles. The molecule has 3 rings (SSSR count). The summed E-state index contributed by atoms with van der Waals surface area (Å²) in [6.07, 6.45) is 3.48. The zero-order chi connectivity index (χ0) is 15.9. The van der Waals surface area contributed by atoms with Gasteiger partial charge in [-0.2, -0.15) is 5.10 Å². The van der Waals surface area contributed by atoms with Gasteiger partial charge < -0.3 is 5.73 Å². The Bertz CT molecular complexity index is 835. The van der Waals surface area contributed by atoms with E-state index < -0.39 is 0 Å². The molecule has 0 atom stereocenters. The van der Waals surface area contributed by atoms with Crippen LogP contribution in [0.25, 0.3) is 10.9 Å². The molecule has 3 aromatic rings. The lowest BCUT2D eigenvalue weighted by molar-refractivity contribution is 0.963. The molecule has 0 amide bonds. The average molecular weight is 303 g/mol. The third-order valence-electron chi connectivity index (χ3n) is 3.34. The Kier molecular flexibility index (Phi) is 4.59. The van der Waals surface area contributed by atoms with Crippen molar-refractivity contribution in [3.8, 4) is 0 Å². The molecule has 0 spiro atoms. The fraction of sp³-hybridized carbons (Fsp3) is 0.0556.